The molecular weight excluding hydrogens is 281 g/mol. The average Bonchev–Trinajstić information content (AvgIpc) is 2.55. The van der Waals surface area contributed by atoms with Gasteiger partial charge < -0.3 is 10.4 Å². The van der Waals surface area contributed by atoms with Gasteiger partial charge in [0.25, 0.3) is 5.91 Å². The molecule has 1 amide bonds. The number of amides is 1. The lowest BCUT2D eigenvalue weighted by Gasteiger charge is -2.16. The largest absolute Gasteiger partial charge is 0.396 e. The van der Waals surface area contributed by atoms with Crippen LogP contribution in [0.15, 0.2) is 54.6 Å². The third-order valence-electron chi connectivity index (χ3n) is 3.61. The van der Waals surface area contributed by atoms with E-state index in [-0.39, 0.29) is 18.4 Å². The van der Waals surface area contributed by atoms with Crippen molar-refractivity contribution in [3.05, 3.63) is 71.5 Å². The van der Waals surface area contributed by atoms with Gasteiger partial charge in [0.05, 0.1) is 0 Å². The first-order valence-electron chi connectivity index (χ1n) is 7.40. The Morgan fingerprint density at radius 1 is 1.09 bits per heavy atom. The molecule has 0 saturated heterocycles. The fourth-order valence-electron chi connectivity index (χ4n) is 2.45. The summed E-state index contributed by atoms with van der Waals surface area (Å²) in [6.07, 6.45) is 1.38. The number of aliphatic hydroxyl groups is 1. The van der Waals surface area contributed by atoms with Crippen molar-refractivity contribution in [3.63, 3.8) is 0 Å². The molecule has 0 fully saturated rings. The van der Waals surface area contributed by atoms with Crippen molar-refractivity contribution in [2.45, 2.75) is 18.8 Å². The van der Waals surface area contributed by atoms with Crippen molar-refractivity contribution in [3.8, 4) is 0 Å². The molecule has 116 valence electrons. The number of nitrogens with one attached hydrogen (secondary N) is 1. The van der Waals surface area contributed by atoms with Gasteiger partial charge in [0.15, 0.2) is 0 Å². The van der Waals surface area contributed by atoms with Crippen molar-refractivity contribution in [2.24, 2.45) is 0 Å². The van der Waals surface area contributed by atoms with Crippen LogP contribution in [0.25, 0.3) is 0 Å². The van der Waals surface area contributed by atoms with Crippen LogP contribution >= 0.6 is 0 Å². The van der Waals surface area contributed by atoms with E-state index in [2.05, 4.69) is 5.32 Å². The Balaban J connectivity index is 1.89. The number of carbonyl (C=O) groups is 1. The summed E-state index contributed by atoms with van der Waals surface area (Å²) in [5, 5.41) is 12.0. The Kier molecular flexibility index (Phi) is 6.10. The van der Waals surface area contributed by atoms with Gasteiger partial charge in [-0.2, -0.15) is 0 Å². The molecule has 0 aliphatic carbocycles. The molecule has 0 spiro atoms. The Bertz CT molecular complexity index is 601. The van der Waals surface area contributed by atoms with Gasteiger partial charge in [-0.3, -0.25) is 4.79 Å². The molecule has 22 heavy (non-hydrogen) atoms. The number of benzene rings is 2. The molecule has 1 unspecified atom stereocenters. The van der Waals surface area contributed by atoms with E-state index in [0.717, 1.165) is 12.0 Å². The van der Waals surface area contributed by atoms with Crippen LogP contribution in [-0.4, -0.2) is 24.2 Å². The maximum atomic E-state index is 13.1. The number of rotatable bonds is 7. The van der Waals surface area contributed by atoms with E-state index in [1.165, 1.54) is 18.2 Å². The molecule has 0 radical (unpaired) electrons. The first-order valence-corrected chi connectivity index (χ1v) is 7.40. The van der Waals surface area contributed by atoms with Gasteiger partial charge in [-0.25, -0.2) is 4.39 Å². The van der Waals surface area contributed by atoms with E-state index < -0.39 is 5.82 Å². The lowest BCUT2D eigenvalue weighted by atomic mass is 9.93. The van der Waals surface area contributed by atoms with Crippen LogP contribution in [0.3, 0.4) is 0 Å². The van der Waals surface area contributed by atoms with Crippen LogP contribution in [0, 0.1) is 5.82 Å². The summed E-state index contributed by atoms with van der Waals surface area (Å²) in [6.45, 7) is 0.590. The number of hydrogen-bond donors (Lipinski definition) is 2. The molecule has 2 aromatic carbocycles. The molecule has 0 aliphatic heterocycles. The van der Waals surface area contributed by atoms with E-state index in [4.69, 9.17) is 0 Å². The maximum absolute atomic E-state index is 13.1. The van der Waals surface area contributed by atoms with E-state index in [1.807, 2.05) is 30.3 Å². The zero-order chi connectivity index (χ0) is 15.8. The lowest BCUT2D eigenvalue weighted by molar-refractivity contribution is 0.0951. The minimum absolute atomic E-state index is 0.109. The molecule has 0 heterocycles. The van der Waals surface area contributed by atoms with E-state index in [1.54, 1.807) is 6.07 Å². The van der Waals surface area contributed by atoms with Crippen molar-refractivity contribution >= 4 is 5.91 Å². The van der Waals surface area contributed by atoms with Crippen LogP contribution in [0.4, 0.5) is 4.39 Å². The third-order valence-corrected chi connectivity index (χ3v) is 3.61. The summed E-state index contributed by atoms with van der Waals surface area (Å²) in [5.74, 6) is -0.510. The third kappa shape index (κ3) is 4.67. The summed E-state index contributed by atoms with van der Waals surface area (Å²) in [7, 11) is 0. The summed E-state index contributed by atoms with van der Waals surface area (Å²) in [4.78, 5) is 11.9. The van der Waals surface area contributed by atoms with Gasteiger partial charge in [0.2, 0.25) is 0 Å². The standard InChI is InChI=1S/C18H20FNO2/c19-17-8-4-7-16(13-17)18(22)20-11-9-15(10-12-21)14-5-2-1-3-6-14/h1-8,13,15,21H,9-12H2,(H,20,22). The first-order chi connectivity index (χ1) is 10.7. The smallest absolute Gasteiger partial charge is 0.251 e. The molecule has 0 aliphatic rings. The molecule has 2 rings (SSSR count). The van der Waals surface area contributed by atoms with Gasteiger partial charge in [-0.15, -0.1) is 0 Å². The van der Waals surface area contributed by atoms with Crippen LogP contribution < -0.4 is 5.32 Å². The Morgan fingerprint density at radius 3 is 2.55 bits per heavy atom. The fourth-order valence-corrected chi connectivity index (χ4v) is 2.45. The van der Waals surface area contributed by atoms with Crippen LogP contribution in [0.1, 0.15) is 34.7 Å². The fraction of sp³-hybridized carbons (Fsp3) is 0.278. The molecule has 0 saturated carbocycles. The Morgan fingerprint density at radius 2 is 1.86 bits per heavy atom. The lowest BCUT2D eigenvalue weighted by Crippen LogP contribution is -2.25. The second-order valence-electron chi connectivity index (χ2n) is 5.17. The SMILES string of the molecule is O=C(NCCC(CCO)c1ccccc1)c1cccc(F)c1. The molecule has 4 heteroatoms. The van der Waals surface area contributed by atoms with E-state index >= 15 is 0 Å². The summed E-state index contributed by atoms with van der Waals surface area (Å²) >= 11 is 0. The van der Waals surface area contributed by atoms with Gasteiger partial charge in [-0.1, -0.05) is 36.4 Å². The Hall–Kier alpha value is -2.20. The van der Waals surface area contributed by atoms with Crippen molar-refractivity contribution in [2.75, 3.05) is 13.2 Å². The molecule has 2 N–H and O–H groups in total. The summed E-state index contributed by atoms with van der Waals surface area (Å²) < 4.78 is 13.1. The number of aliphatic hydroxyl groups excluding tert-OH is 1. The number of halogens is 1. The highest BCUT2D eigenvalue weighted by atomic mass is 19.1. The predicted molar refractivity (Wildman–Crippen MR) is 84.2 cm³/mol. The van der Waals surface area contributed by atoms with Crippen molar-refractivity contribution in [1.29, 1.82) is 0 Å². The topological polar surface area (TPSA) is 49.3 Å². The van der Waals surface area contributed by atoms with Crippen molar-refractivity contribution < 1.29 is 14.3 Å². The van der Waals surface area contributed by atoms with Gasteiger partial charge >= 0.3 is 0 Å². The second kappa shape index (κ2) is 8.29. The summed E-state index contributed by atoms with van der Waals surface area (Å²) in [6, 6.07) is 15.6. The predicted octanol–water partition coefficient (Wildman–Crippen LogP) is 3.11. The monoisotopic (exact) mass is 301 g/mol. The zero-order valence-corrected chi connectivity index (χ0v) is 12.3. The second-order valence-corrected chi connectivity index (χ2v) is 5.17. The minimum atomic E-state index is -0.421. The highest BCUT2D eigenvalue weighted by molar-refractivity contribution is 5.94. The molecule has 1 atom stereocenters. The molecule has 3 nitrogen and oxygen atoms in total. The highest BCUT2D eigenvalue weighted by Gasteiger charge is 2.12. The average molecular weight is 301 g/mol. The van der Waals surface area contributed by atoms with Crippen LogP contribution in [0.5, 0.6) is 0 Å². The van der Waals surface area contributed by atoms with Gasteiger partial charge in [0, 0.05) is 18.7 Å². The first kappa shape index (κ1) is 16.2. The van der Waals surface area contributed by atoms with Crippen LogP contribution in [-0.2, 0) is 0 Å². The minimum Gasteiger partial charge on any atom is -0.396 e. The molecule has 0 bridgehead atoms. The normalized spacial score (nSPS) is 11.9. The quantitative estimate of drug-likeness (QED) is 0.825. The van der Waals surface area contributed by atoms with E-state index in [9.17, 15) is 14.3 Å². The zero-order valence-electron chi connectivity index (χ0n) is 12.3. The summed E-state index contributed by atoms with van der Waals surface area (Å²) in [5.41, 5.74) is 1.47. The van der Waals surface area contributed by atoms with Gasteiger partial charge in [0.1, 0.15) is 5.82 Å². The molecule has 0 aromatic heterocycles. The maximum Gasteiger partial charge on any atom is 0.251 e. The van der Waals surface area contributed by atoms with Gasteiger partial charge in [-0.05, 0) is 42.5 Å². The number of hydrogen-bond acceptors (Lipinski definition) is 2. The highest BCUT2D eigenvalue weighted by Crippen LogP contribution is 2.22. The number of carbonyl (C=O) groups excluding carboxylic acids is 1. The molecular formula is C18H20FNO2. The van der Waals surface area contributed by atoms with Crippen LogP contribution in [0.2, 0.25) is 0 Å². The Labute approximate surface area is 129 Å². The van der Waals surface area contributed by atoms with E-state index in [0.29, 0.717) is 18.5 Å². The molecule has 2 aromatic rings. The van der Waals surface area contributed by atoms with Crippen molar-refractivity contribution in [1.82, 2.24) is 5.32 Å².